The van der Waals surface area contributed by atoms with Gasteiger partial charge in [0.05, 0.1) is 0 Å². The predicted molar refractivity (Wildman–Crippen MR) is 66.8 cm³/mol. The van der Waals surface area contributed by atoms with E-state index in [9.17, 15) is 0 Å². The van der Waals surface area contributed by atoms with Crippen molar-refractivity contribution in [3.63, 3.8) is 0 Å². The third kappa shape index (κ3) is 6.52. The Hall–Kier alpha value is -0.540. The van der Waals surface area contributed by atoms with Crippen LogP contribution < -0.4 is 11.4 Å². The average molecular weight is 213 g/mol. The van der Waals surface area contributed by atoms with Crippen LogP contribution in [0.5, 0.6) is 0 Å². The Morgan fingerprint density at radius 1 is 1.40 bits per heavy atom. The molecule has 0 saturated carbocycles. The molecule has 0 bridgehead atoms. The SMILES string of the molecule is CCCCCC(C)/C=C(\C)N(CC)NN. The van der Waals surface area contributed by atoms with Crippen molar-refractivity contribution in [3.8, 4) is 0 Å². The maximum absolute atomic E-state index is 5.42. The summed E-state index contributed by atoms with van der Waals surface area (Å²) in [6.07, 6.45) is 7.51. The lowest BCUT2D eigenvalue weighted by Gasteiger charge is -2.22. The Morgan fingerprint density at radius 3 is 2.53 bits per heavy atom. The van der Waals surface area contributed by atoms with E-state index in [4.69, 9.17) is 5.84 Å². The smallest absolute Gasteiger partial charge is 0.0325 e. The summed E-state index contributed by atoms with van der Waals surface area (Å²) in [5.74, 6) is 6.05. The van der Waals surface area contributed by atoms with Gasteiger partial charge in [-0.3, -0.25) is 5.84 Å². The summed E-state index contributed by atoms with van der Waals surface area (Å²) in [6.45, 7) is 9.57. The molecule has 15 heavy (non-hydrogen) atoms. The Balaban J connectivity index is 3.97. The third-order valence-electron chi connectivity index (χ3n) is 2.69. The summed E-state index contributed by atoms with van der Waals surface area (Å²) < 4.78 is 0. The van der Waals surface area contributed by atoms with Crippen molar-refractivity contribution in [2.75, 3.05) is 6.54 Å². The molecule has 0 rings (SSSR count). The van der Waals surface area contributed by atoms with Crippen LogP contribution in [0.3, 0.4) is 0 Å². The average Bonchev–Trinajstić information content (AvgIpc) is 2.20. The topological polar surface area (TPSA) is 41.3 Å². The highest BCUT2D eigenvalue weighted by atomic mass is 15.6. The zero-order valence-electron chi connectivity index (χ0n) is 10.7. The van der Waals surface area contributed by atoms with Crippen LogP contribution in [-0.4, -0.2) is 11.6 Å². The molecule has 1 atom stereocenters. The molecule has 0 fully saturated rings. The molecule has 90 valence electrons. The molecule has 0 heterocycles. The van der Waals surface area contributed by atoms with Gasteiger partial charge in [0.1, 0.15) is 0 Å². The van der Waals surface area contributed by atoms with Crippen molar-refractivity contribution in [1.29, 1.82) is 0 Å². The fraction of sp³-hybridized carbons (Fsp3) is 0.833. The summed E-state index contributed by atoms with van der Waals surface area (Å²) in [7, 11) is 0. The van der Waals surface area contributed by atoms with Crippen molar-refractivity contribution in [2.45, 2.75) is 53.4 Å². The molecule has 0 spiro atoms. The molecule has 0 saturated heterocycles. The quantitative estimate of drug-likeness (QED) is 0.370. The van der Waals surface area contributed by atoms with Gasteiger partial charge in [0.2, 0.25) is 0 Å². The molecule has 0 aliphatic rings. The molecule has 0 aromatic rings. The minimum absolute atomic E-state index is 0.638. The minimum atomic E-state index is 0.638. The summed E-state index contributed by atoms with van der Waals surface area (Å²) in [5.41, 5.74) is 3.90. The highest BCUT2D eigenvalue weighted by molar-refractivity contribution is 4.98. The first-order valence-electron chi connectivity index (χ1n) is 6.07. The molecule has 0 aromatic carbocycles. The van der Waals surface area contributed by atoms with E-state index in [1.54, 1.807) is 0 Å². The van der Waals surface area contributed by atoms with Crippen molar-refractivity contribution < 1.29 is 0 Å². The Bertz CT molecular complexity index is 174. The predicted octanol–water partition coefficient (Wildman–Crippen LogP) is 2.81. The van der Waals surface area contributed by atoms with Gasteiger partial charge in [-0.15, -0.1) is 0 Å². The Morgan fingerprint density at radius 2 is 2.07 bits per heavy atom. The maximum Gasteiger partial charge on any atom is 0.0325 e. The van der Waals surface area contributed by atoms with E-state index in [2.05, 4.69) is 39.3 Å². The van der Waals surface area contributed by atoms with Crippen LogP contribution >= 0.6 is 0 Å². The van der Waals surface area contributed by atoms with Gasteiger partial charge in [-0.05, 0) is 26.2 Å². The van der Waals surface area contributed by atoms with E-state index in [1.165, 1.54) is 31.4 Å². The van der Waals surface area contributed by atoms with Crippen LogP contribution in [0.25, 0.3) is 0 Å². The zero-order valence-corrected chi connectivity index (χ0v) is 10.7. The summed E-state index contributed by atoms with van der Waals surface area (Å²) in [6, 6.07) is 0. The Kier molecular flexibility index (Phi) is 8.43. The van der Waals surface area contributed by atoms with E-state index >= 15 is 0 Å². The fourth-order valence-electron chi connectivity index (χ4n) is 1.74. The monoisotopic (exact) mass is 213 g/mol. The third-order valence-corrected chi connectivity index (χ3v) is 2.69. The summed E-state index contributed by atoms with van der Waals surface area (Å²) in [5, 5.41) is 1.95. The number of hydrogen-bond acceptors (Lipinski definition) is 3. The van der Waals surface area contributed by atoms with Gasteiger partial charge < -0.3 is 5.01 Å². The van der Waals surface area contributed by atoms with Gasteiger partial charge in [0, 0.05) is 12.2 Å². The number of nitrogens with two attached hydrogens (primary N) is 1. The van der Waals surface area contributed by atoms with Crippen LogP contribution in [0.4, 0.5) is 0 Å². The van der Waals surface area contributed by atoms with Gasteiger partial charge >= 0.3 is 0 Å². The normalized spacial score (nSPS) is 14.1. The number of hydrazine groups is 2. The molecule has 0 radical (unpaired) electrons. The van der Waals surface area contributed by atoms with Gasteiger partial charge in [-0.1, -0.05) is 39.2 Å². The fourth-order valence-corrected chi connectivity index (χ4v) is 1.74. The van der Waals surface area contributed by atoms with E-state index in [0.717, 1.165) is 6.54 Å². The second kappa shape index (κ2) is 8.74. The first-order chi connectivity index (χ1) is 7.15. The Labute approximate surface area is 94.7 Å². The van der Waals surface area contributed by atoms with Gasteiger partial charge in [0.15, 0.2) is 0 Å². The van der Waals surface area contributed by atoms with Crippen molar-refractivity contribution in [3.05, 3.63) is 11.8 Å². The van der Waals surface area contributed by atoms with Crippen molar-refractivity contribution in [1.82, 2.24) is 10.5 Å². The second-order valence-corrected chi connectivity index (χ2v) is 4.15. The van der Waals surface area contributed by atoms with E-state index in [0.29, 0.717) is 5.92 Å². The molecule has 3 N–H and O–H groups in total. The van der Waals surface area contributed by atoms with Crippen LogP contribution in [0, 0.1) is 5.92 Å². The van der Waals surface area contributed by atoms with Crippen molar-refractivity contribution in [2.24, 2.45) is 11.8 Å². The minimum Gasteiger partial charge on any atom is -0.300 e. The number of rotatable bonds is 8. The highest BCUT2D eigenvalue weighted by Crippen LogP contribution is 2.13. The molecule has 0 amide bonds. The van der Waals surface area contributed by atoms with Gasteiger partial charge in [0.25, 0.3) is 0 Å². The first-order valence-corrected chi connectivity index (χ1v) is 6.07. The lowest BCUT2D eigenvalue weighted by atomic mass is 10.0. The van der Waals surface area contributed by atoms with E-state index in [1.807, 2.05) is 5.01 Å². The molecular weight excluding hydrogens is 186 g/mol. The first kappa shape index (κ1) is 14.5. The molecule has 3 heteroatoms. The molecule has 1 unspecified atom stereocenters. The largest absolute Gasteiger partial charge is 0.300 e. The van der Waals surface area contributed by atoms with E-state index < -0.39 is 0 Å². The number of unbranched alkanes of at least 4 members (excludes halogenated alkanes) is 2. The maximum atomic E-state index is 5.42. The van der Waals surface area contributed by atoms with Crippen LogP contribution in [-0.2, 0) is 0 Å². The molecule has 3 nitrogen and oxygen atoms in total. The zero-order chi connectivity index (χ0) is 11.7. The van der Waals surface area contributed by atoms with E-state index in [-0.39, 0.29) is 0 Å². The number of nitrogens with one attached hydrogen (secondary N) is 1. The molecule has 0 aliphatic carbocycles. The molecule has 0 aliphatic heterocycles. The van der Waals surface area contributed by atoms with Crippen molar-refractivity contribution >= 4 is 0 Å². The second-order valence-electron chi connectivity index (χ2n) is 4.15. The highest BCUT2D eigenvalue weighted by Gasteiger charge is 2.03. The standard InChI is InChI=1S/C12H27N3/c1-5-7-8-9-11(3)10-12(4)15(6-2)14-13/h10-11,14H,5-9,13H2,1-4H3/b12-10+. The number of nitrogens with zero attached hydrogens (tertiary/aromatic N) is 1. The number of hydrogen-bond donors (Lipinski definition) is 2. The summed E-state index contributed by atoms with van der Waals surface area (Å²) in [4.78, 5) is 0. The van der Waals surface area contributed by atoms with Crippen LogP contribution in [0.2, 0.25) is 0 Å². The lowest BCUT2D eigenvalue weighted by Crippen LogP contribution is -2.41. The van der Waals surface area contributed by atoms with Gasteiger partial charge in [-0.2, -0.15) is 5.53 Å². The molecular formula is C12H27N3. The molecule has 0 aromatic heterocycles. The number of allylic oxidation sites excluding steroid dienone is 2. The van der Waals surface area contributed by atoms with Crippen LogP contribution in [0.15, 0.2) is 11.8 Å². The van der Waals surface area contributed by atoms with Gasteiger partial charge in [-0.25, -0.2) is 0 Å². The summed E-state index contributed by atoms with van der Waals surface area (Å²) >= 11 is 0. The lowest BCUT2D eigenvalue weighted by molar-refractivity contribution is 0.260. The van der Waals surface area contributed by atoms with Crippen LogP contribution in [0.1, 0.15) is 53.4 Å².